The van der Waals surface area contributed by atoms with Crippen LogP contribution in [0.4, 0.5) is 5.69 Å². The zero-order valence-electron chi connectivity index (χ0n) is 20.3. The number of Topliss-reactive ketones (excluding diaryl/α,β-unsaturated/α-hetero) is 1. The molecule has 3 aromatic rings. The number of halogens is 2. The molecular formula is C28H23Cl2NO7. The van der Waals surface area contributed by atoms with Crippen molar-refractivity contribution >= 4 is 52.5 Å². The van der Waals surface area contributed by atoms with Gasteiger partial charge in [-0.1, -0.05) is 23.2 Å². The van der Waals surface area contributed by atoms with Crippen LogP contribution in [-0.2, 0) is 14.3 Å². The van der Waals surface area contributed by atoms with Gasteiger partial charge in [-0.3, -0.25) is 14.4 Å². The molecule has 0 radical (unpaired) electrons. The molecule has 3 aromatic carbocycles. The van der Waals surface area contributed by atoms with Gasteiger partial charge < -0.3 is 19.1 Å². The molecule has 1 saturated heterocycles. The van der Waals surface area contributed by atoms with Gasteiger partial charge in [-0.05, 0) is 73.7 Å². The molecule has 0 aliphatic carbocycles. The van der Waals surface area contributed by atoms with Crippen LogP contribution < -0.4 is 14.4 Å². The zero-order chi connectivity index (χ0) is 27.2. The van der Waals surface area contributed by atoms with Gasteiger partial charge in [0.15, 0.2) is 12.4 Å². The van der Waals surface area contributed by atoms with Crippen LogP contribution in [0, 0.1) is 5.92 Å². The average molecular weight is 556 g/mol. The van der Waals surface area contributed by atoms with E-state index in [1.807, 2.05) is 6.92 Å². The average Bonchev–Trinajstić information content (AvgIpc) is 3.29. The number of benzene rings is 3. The minimum atomic E-state index is -0.677. The Morgan fingerprint density at radius 1 is 0.947 bits per heavy atom. The maximum atomic E-state index is 12.6. The van der Waals surface area contributed by atoms with Gasteiger partial charge in [0.1, 0.15) is 11.5 Å². The van der Waals surface area contributed by atoms with Gasteiger partial charge in [0.2, 0.25) is 5.91 Å². The molecule has 10 heteroatoms. The van der Waals surface area contributed by atoms with Crippen LogP contribution in [0.15, 0.2) is 66.7 Å². The fraction of sp³-hybridized carbons (Fsp3) is 0.214. The second kappa shape index (κ2) is 12.1. The largest absolute Gasteiger partial charge is 0.494 e. The molecule has 0 N–H and O–H groups in total. The monoisotopic (exact) mass is 555 g/mol. The highest BCUT2D eigenvalue weighted by atomic mass is 35.5. The molecule has 1 atom stereocenters. The number of nitrogens with zero attached hydrogens (tertiary/aromatic N) is 1. The van der Waals surface area contributed by atoms with Crippen molar-refractivity contribution in [1.29, 1.82) is 0 Å². The molecule has 8 nitrogen and oxygen atoms in total. The summed E-state index contributed by atoms with van der Waals surface area (Å²) in [6.07, 6.45) is -0.00205. The van der Waals surface area contributed by atoms with E-state index < -0.39 is 30.2 Å². The molecule has 0 saturated carbocycles. The third-order valence-corrected chi connectivity index (χ3v) is 6.35. The number of hydrogen-bond acceptors (Lipinski definition) is 7. The number of amides is 1. The highest BCUT2D eigenvalue weighted by molar-refractivity contribution is 6.36. The number of esters is 2. The Kier molecular flexibility index (Phi) is 8.66. The summed E-state index contributed by atoms with van der Waals surface area (Å²) in [5, 5.41) is 0.544. The van der Waals surface area contributed by atoms with E-state index in [-0.39, 0.29) is 40.8 Å². The first-order valence-electron chi connectivity index (χ1n) is 11.8. The number of ketones is 1. The molecule has 196 valence electrons. The van der Waals surface area contributed by atoms with Gasteiger partial charge >= 0.3 is 11.9 Å². The third kappa shape index (κ3) is 6.51. The van der Waals surface area contributed by atoms with Crippen molar-refractivity contribution in [2.45, 2.75) is 13.3 Å². The molecule has 1 fully saturated rings. The summed E-state index contributed by atoms with van der Waals surface area (Å²) in [7, 11) is 0. The van der Waals surface area contributed by atoms with Crippen LogP contribution in [0.5, 0.6) is 11.5 Å². The number of carbonyl (C=O) groups excluding carboxylic acids is 4. The molecule has 1 aliphatic heterocycles. The molecule has 38 heavy (non-hydrogen) atoms. The van der Waals surface area contributed by atoms with Crippen molar-refractivity contribution in [3.63, 3.8) is 0 Å². The number of ether oxygens (including phenoxy) is 3. The van der Waals surface area contributed by atoms with Crippen molar-refractivity contribution in [3.05, 3.63) is 87.9 Å². The van der Waals surface area contributed by atoms with Crippen LogP contribution in [0.3, 0.4) is 0 Å². The maximum Gasteiger partial charge on any atom is 0.345 e. The predicted octanol–water partition coefficient (Wildman–Crippen LogP) is 5.39. The van der Waals surface area contributed by atoms with Gasteiger partial charge in [0.25, 0.3) is 0 Å². The Bertz CT molecular complexity index is 1360. The van der Waals surface area contributed by atoms with E-state index in [1.165, 1.54) is 47.4 Å². The van der Waals surface area contributed by atoms with Crippen molar-refractivity contribution in [2.75, 3.05) is 24.7 Å². The smallest absolute Gasteiger partial charge is 0.345 e. The van der Waals surface area contributed by atoms with Crippen molar-refractivity contribution in [2.24, 2.45) is 5.92 Å². The zero-order valence-corrected chi connectivity index (χ0v) is 21.8. The lowest BCUT2D eigenvalue weighted by Gasteiger charge is -2.17. The van der Waals surface area contributed by atoms with Gasteiger partial charge in [-0.25, -0.2) is 4.79 Å². The van der Waals surface area contributed by atoms with Gasteiger partial charge in [-0.2, -0.15) is 0 Å². The Morgan fingerprint density at radius 3 is 2.29 bits per heavy atom. The Hall–Kier alpha value is -3.88. The molecule has 0 bridgehead atoms. The quantitative estimate of drug-likeness (QED) is 0.198. The van der Waals surface area contributed by atoms with E-state index in [1.54, 1.807) is 24.3 Å². The van der Waals surface area contributed by atoms with E-state index in [0.717, 1.165) is 0 Å². The third-order valence-electron chi connectivity index (χ3n) is 5.80. The van der Waals surface area contributed by atoms with E-state index in [2.05, 4.69) is 0 Å². The first kappa shape index (κ1) is 27.2. The number of anilines is 1. The maximum absolute atomic E-state index is 12.6. The summed E-state index contributed by atoms with van der Waals surface area (Å²) in [5.74, 6) is -1.72. The Balaban J connectivity index is 1.28. The van der Waals surface area contributed by atoms with Crippen LogP contribution >= 0.6 is 23.2 Å². The second-order valence-corrected chi connectivity index (χ2v) is 9.24. The van der Waals surface area contributed by atoms with E-state index >= 15 is 0 Å². The minimum Gasteiger partial charge on any atom is -0.494 e. The second-order valence-electron chi connectivity index (χ2n) is 8.40. The van der Waals surface area contributed by atoms with Gasteiger partial charge in [-0.15, -0.1) is 0 Å². The predicted molar refractivity (Wildman–Crippen MR) is 141 cm³/mol. The number of rotatable bonds is 9. The molecule has 1 heterocycles. The van der Waals surface area contributed by atoms with Crippen molar-refractivity contribution < 1.29 is 33.4 Å². The summed E-state index contributed by atoms with van der Waals surface area (Å²) in [4.78, 5) is 51.4. The lowest BCUT2D eigenvalue weighted by atomic mass is 10.1. The lowest BCUT2D eigenvalue weighted by Crippen LogP contribution is -2.27. The Morgan fingerprint density at radius 2 is 1.63 bits per heavy atom. The topological polar surface area (TPSA) is 99.2 Å². The number of hydrogen-bond donors (Lipinski definition) is 0. The lowest BCUT2D eigenvalue weighted by molar-refractivity contribution is -0.147. The standard InChI is InChI=1S/C28H23Cl2NO7/c1-2-36-21-10-6-20(7-11-21)31-15-18(13-26(31)33)27(34)37-16-25(32)17-3-8-22(9-4-17)38-28(35)23-12-5-19(29)14-24(23)30/h3-12,14,18H,2,13,15-16H2,1H3/t18-/m0/s1. The molecule has 0 unspecified atom stereocenters. The van der Waals surface area contributed by atoms with Crippen molar-refractivity contribution in [1.82, 2.24) is 0 Å². The summed E-state index contributed by atoms with van der Waals surface area (Å²) < 4.78 is 15.9. The van der Waals surface area contributed by atoms with E-state index in [9.17, 15) is 19.2 Å². The summed E-state index contributed by atoms with van der Waals surface area (Å²) in [6, 6.07) is 17.2. The van der Waals surface area contributed by atoms with Crippen LogP contribution in [0.25, 0.3) is 0 Å². The van der Waals surface area contributed by atoms with Gasteiger partial charge in [0.05, 0.1) is 23.1 Å². The van der Waals surface area contributed by atoms with Crippen LogP contribution in [0.1, 0.15) is 34.1 Å². The SMILES string of the molecule is CCOc1ccc(N2C[C@@H](C(=O)OCC(=O)c3ccc(OC(=O)c4ccc(Cl)cc4Cl)cc3)CC2=O)cc1. The van der Waals surface area contributed by atoms with E-state index in [4.69, 9.17) is 37.4 Å². The summed E-state index contributed by atoms with van der Waals surface area (Å²) in [6.45, 7) is 2.10. The molecule has 0 aromatic heterocycles. The molecule has 0 spiro atoms. The summed E-state index contributed by atoms with van der Waals surface area (Å²) in [5.41, 5.74) is 1.07. The van der Waals surface area contributed by atoms with Gasteiger partial charge in [0, 0.05) is 29.2 Å². The highest BCUT2D eigenvalue weighted by Gasteiger charge is 2.36. The van der Waals surface area contributed by atoms with Crippen molar-refractivity contribution in [3.8, 4) is 11.5 Å². The highest BCUT2D eigenvalue weighted by Crippen LogP contribution is 2.28. The minimum absolute atomic E-state index is 0.00205. The fourth-order valence-electron chi connectivity index (χ4n) is 3.87. The molecular weight excluding hydrogens is 533 g/mol. The van der Waals surface area contributed by atoms with E-state index in [0.29, 0.717) is 23.1 Å². The fourth-order valence-corrected chi connectivity index (χ4v) is 4.35. The molecule has 4 rings (SSSR count). The number of carbonyl (C=O) groups is 4. The Labute approximate surface area is 229 Å². The van der Waals surface area contributed by atoms with Crippen LogP contribution in [-0.4, -0.2) is 43.4 Å². The first-order valence-corrected chi connectivity index (χ1v) is 12.5. The first-order chi connectivity index (χ1) is 18.2. The molecule has 1 amide bonds. The van der Waals surface area contributed by atoms with Crippen LogP contribution in [0.2, 0.25) is 10.0 Å². The molecule has 1 aliphatic rings. The summed E-state index contributed by atoms with van der Waals surface area (Å²) >= 11 is 11.9. The normalized spacial score (nSPS) is 14.8.